The third kappa shape index (κ3) is 3.14. The van der Waals surface area contributed by atoms with Crippen molar-refractivity contribution in [2.75, 3.05) is 11.9 Å². The molecule has 4 heteroatoms. The van der Waals surface area contributed by atoms with Gasteiger partial charge in [0.2, 0.25) is 0 Å². The number of benzene rings is 1. The van der Waals surface area contributed by atoms with Gasteiger partial charge in [-0.2, -0.15) is 0 Å². The molecule has 1 fully saturated rings. The Hall–Kier alpha value is -1.10. The average Bonchev–Trinajstić information content (AvgIpc) is 3.04. The molecule has 3 rings (SSSR count). The first-order chi connectivity index (χ1) is 9.65. The summed E-state index contributed by atoms with van der Waals surface area (Å²) in [5.74, 6) is 0. The number of rotatable bonds is 5. The van der Waals surface area contributed by atoms with Crippen LogP contribution in [0.4, 0.5) is 5.69 Å². The normalized spacial score (nSPS) is 21.7. The van der Waals surface area contributed by atoms with E-state index in [4.69, 9.17) is 4.74 Å². The van der Waals surface area contributed by atoms with Gasteiger partial charge in [0.25, 0.3) is 0 Å². The van der Waals surface area contributed by atoms with Crippen molar-refractivity contribution in [3.05, 3.63) is 29.3 Å². The van der Waals surface area contributed by atoms with E-state index in [1.165, 1.54) is 11.1 Å². The van der Waals surface area contributed by atoms with E-state index < -0.39 is 11.7 Å². The highest BCUT2D eigenvalue weighted by molar-refractivity contribution is 5.49. The van der Waals surface area contributed by atoms with Crippen LogP contribution in [0.2, 0.25) is 0 Å². The van der Waals surface area contributed by atoms with Crippen LogP contribution in [0.15, 0.2) is 18.2 Å². The smallest absolute Gasteiger partial charge is 0.0739 e. The first-order valence-corrected chi connectivity index (χ1v) is 7.49. The number of fused-ring (bicyclic) bond motifs is 1. The number of aliphatic hydroxyl groups excluding tert-OH is 1. The van der Waals surface area contributed by atoms with Crippen LogP contribution in [0.25, 0.3) is 0 Å². The van der Waals surface area contributed by atoms with E-state index in [9.17, 15) is 10.2 Å². The monoisotopic (exact) mass is 277 g/mol. The first-order valence-electron chi connectivity index (χ1n) is 7.49. The van der Waals surface area contributed by atoms with E-state index in [-0.39, 0.29) is 0 Å². The minimum absolute atomic E-state index is 0.466. The summed E-state index contributed by atoms with van der Waals surface area (Å²) in [6.45, 7) is 1.85. The average molecular weight is 277 g/mol. The van der Waals surface area contributed by atoms with Gasteiger partial charge < -0.3 is 20.3 Å². The molecule has 1 aliphatic carbocycles. The summed E-state index contributed by atoms with van der Waals surface area (Å²) in [6, 6.07) is 6.17. The molecule has 0 saturated heterocycles. The lowest BCUT2D eigenvalue weighted by atomic mass is 9.94. The fourth-order valence-corrected chi connectivity index (χ4v) is 3.27. The van der Waals surface area contributed by atoms with E-state index >= 15 is 0 Å². The predicted octanol–water partition coefficient (Wildman–Crippen LogP) is 2.18. The zero-order chi connectivity index (χ0) is 14.0. The summed E-state index contributed by atoms with van der Waals surface area (Å²) in [5, 5.41) is 23.6. The second kappa shape index (κ2) is 5.72. The second-order valence-corrected chi connectivity index (χ2v) is 6.15. The van der Waals surface area contributed by atoms with Crippen molar-refractivity contribution in [1.82, 2.24) is 0 Å². The minimum Gasteiger partial charge on any atom is -0.391 e. The third-order valence-electron chi connectivity index (χ3n) is 4.41. The second-order valence-electron chi connectivity index (χ2n) is 6.15. The number of anilines is 1. The van der Waals surface area contributed by atoms with Crippen LogP contribution < -0.4 is 5.32 Å². The molecule has 1 aliphatic heterocycles. The number of ether oxygens (including phenoxy) is 1. The Morgan fingerprint density at radius 1 is 1.20 bits per heavy atom. The summed E-state index contributed by atoms with van der Waals surface area (Å²) >= 11 is 0. The zero-order valence-electron chi connectivity index (χ0n) is 11.8. The molecular weight excluding hydrogens is 254 g/mol. The molecule has 2 aliphatic rings. The van der Waals surface area contributed by atoms with Crippen molar-refractivity contribution < 1.29 is 14.9 Å². The molecule has 1 aromatic carbocycles. The molecule has 1 aromatic rings. The van der Waals surface area contributed by atoms with Crippen LogP contribution in [0.1, 0.15) is 43.2 Å². The standard InChI is InChI=1S/C16H23NO3/c18-15(8-16(19)5-1-2-6-16)9-17-14-4-3-12-10-20-11-13(12)7-14/h3-4,7,15,17-19H,1-2,5-6,8-11H2. The Morgan fingerprint density at radius 2 is 1.95 bits per heavy atom. The van der Waals surface area contributed by atoms with Crippen LogP contribution in [-0.4, -0.2) is 28.5 Å². The number of hydrogen-bond acceptors (Lipinski definition) is 4. The maximum Gasteiger partial charge on any atom is 0.0739 e. The fourth-order valence-electron chi connectivity index (χ4n) is 3.27. The molecule has 0 bridgehead atoms. The van der Waals surface area contributed by atoms with Gasteiger partial charge in [0.15, 0.2) is 0 Å². The number of aliphatic hydroxyl groups is 2. The van der Waals surface area contributed by atoms with E-state index in [0.29, 0.717) is 26.2 Å². The van der Waals surface area contributed by atoms with E-state index in [1.54, 1.807) is 0 Å². The van der Waals surface area contributed by atoms with Crippen LogP contribution in [-0.2, 0) is 18.0 Å². The molecule has 110 valence electrons. The molecule has 1 unspecified atom stereocenters. The van der Waals surface area contributed by atoms with Gasteiger partial charge in [-0.1, -0.05) is 18.9 Å². The van der Waals surface area contributed by atoms with Crippen molar-refractivity contribution in [3.8, 4) is 0 Å². The van der Waals surface area contributed by atoms with Crippen LogP contribution in [0, 0.1) is 0 Å². The maximum atomic E-state index is 10.3. The summed E-state index contributed by atoms with van der Waals surface area (Å²) in [6.07, 6.45) is 3.74. The van der Waals surface area contributed by atoms with Crippen LogP contribution in [0.5, 0.6) is 0 Å². The van der Waals surface area contributed by atoms with Crippen molar-refractivity contribution >= 4 is 5.69 Å². The van der Waals surface area contributed by atoms with Gasteiger partial charge in [0, 0.05) is 18.7 Å². The molecule has 0 aromatic heterocycles. The van der Waals surface area contributed by atoms with E-state index in [1.807, 2.05) is 6.07 Å². The molecular formula is C16H23NO3. The van der Waals surface area contributed by atoms with Gasteiger partial charge >= 0.3 is 0 Å². The Bertz CT molecular complexity index is 469. The largest absolute Gasteiger partial charge is 0.391 e. The summed E-state index contributed by atoms with van der Waals surface area (Å²) in [4.78, 5) is 0. The maximum absolute atomic E-state index is 10.3. The minimum atomic E-state index is -0.646. The van der Waals surface area contributed by atoms with Crippen molar-refractivity contribution in [1.29, 1.82) is 0 Å². The van der Waals surface area contributed by atoms with Gasteiger partial charge in [0.05, 0.1) is 24.9 Å². The SMILES string of the molecule is OC(CNc1ccc2c(c1)COC2)CC1(O)CCCC1. The molecule has 3 N–H and O–H groups in total. The van der Waals surface area contributed by atoms with Gasteiger partial charge in [-0.25, -0.2) is 0 Å². The molecule has 0 radical (unpaired) electrons. The van der Waals surface area contributed by atoms with Gasteiger partial charge in [-0.05, 0) is 36.1 Å². The zero-order valence-corrected chi connectivity index (χ0v) is 11.8. The molecule has 0 spiro atoms. The molecule has 0 amide bonds. The van der Waals surface area contributed by atoms with Crippen molar-refractivity contribution in [2.24, 2.45) is 0 Å². The van der Waals surface area contributed by atoms with Gasteiger partial charge in [-0.3, -0.25) is 0 Å². The lowest BCUT2D eigenvalue weighted by Gasteiger charge is -2.25. The Kier molecular flexibility index (Phi) is 3.96. The Labute approximate surface area is 119 Å². The van der Waals surface area contributed by atoms with Crippen LogP contribution >= 0.6 is 0 Å². The highest BCUT2D eigenvalue weighted by atomic mass is 16.5. The quantitative estimate of drug-likeness (QED) is 0.772. The topological polar surface area (TPSA) is 61.7 Å². The third-order valence-corrected chi connectivity index (χ3v) is 4.41. The molecule has 1 heterocycles. The molecule has 1 saturated carbocycles. The molecule has 1 atom stereocenters. The van der Waals surface area contributed by atoms with Crippen molar-refractivity contribution in [2.45, 2.75) is 57.0 Å². The number of nitrogens with one attached hydrogen (secondary N) is 1. The van der Waals surface area contributed by atoms with Crippen molar-refractivity contribution in [3.63, 3.8) is 0 Å². The van der Waals surface area contributed by atoms with Crippen LogP contribution in [0.3, 0.4) is 0 Å². The Balaban J connectivity index is 1.51. The van der Waals surface area contributed by atoms with Gasteiger partial charge in [0.1, 0.15) is 0 Å². The Morgan fingerprint density at radius 3 is 2.75 bits per heavy atom. The fraction of sp³-hybridized carbons (Fsp3) is 0.625. The molecule has 4 nitrogen and oxygen atoms in total. The lowest BCUT2D eigenvalue weighted by Crippen LogP contribution is -2.33. The summed E-state index contributed by atoms with van der Waals surface area (Å²) in [5.41, 5.74) is 2.83. The highest BCUT2D eigenvalue weighted by Crippen LogP contribution is 2.33. The van der Waals surface area contributed by atoms with E-state index in [0.717, 1.165) is 31.4 Å². The van der Waals surface area contributed by atoms with Gasteiger partial charge in [-0.15, -0.1) is 0 Å². The lowest BCUT2D eigenvalue weighted by molar-refractivity contribution is -0.00154. The van der Waals surface area contributed by atoms with E-state index in [2.05, 4.69) is 17.4 Å². The number of hydrogen-bond donors (Lipinski definition) is 3. The summed E-state index contributed by atoms with van der Waals surface area (Å²) < 4.78 is 5.39. The highest BCUT2D eigenvalue weighted by Gasteiger charge is 2.33. The summed E-state index contributed by atoms with van der Waals surface area (Å²) in [7, 11) is 0. The first kappa shape index (κ1) is 13.9. The molecule has 20 heavy (non-hydrogen) atoms. The predicted molar refractivity (Wildman–Crippen MR) is 77.5 cm³/mol.